The first-order chi connectivity index (χ1) is 12.1. The number of morpholine rings is 1. The number of carbonyl (C=O) groups is 1. The van der Waals surface area contributed by atoms with Crippen LogP contribution in [0.2, 0.25) is 10.0 Å². The number of rotatable bonds is 6. The molecular weight excluding hydrogens is 365 g/mol. The Hall–Kier alpha value is -1.34. The topological polar surface area (TPSA) is 63.2 Å². The highest BCUT2D eigenvalue weighted by molar-refractivity contribution is 6.42. The van der Waals surface area contributed by atoms with Crippen LogP contribution in [-0.2, 0) is 9.47 Å². The van der Waals surface area contributed by atoms with Crippen LogP contribution in [-0.4, -0.2) is 62.8 Å². The molecule has 1 aliphatic rings. The van der Waals surface area contributed by atoms with E-state index in [2.05, 4.69) is 15.2 Å². The van der Waals surface area contributed by atoms with Gasteiger partial charge in [-0.2, -0.15) is 0 Å². The summed E-state index contributed by atoms with van der Waals surface area (Å²) in [6, 6.07) is 4.92. The molecule has 0 radical (unpaired) electrons. The quantitative estimate of drug-likeness (QED) is 0.463. The number of halogens is 2. The Kier molecular flexibility index (Phi) is 8.48. The summed E-state index contributed by atoms with van der Waals surface area (Å²) in [5.74, 6) is -0.334. The lowest BCUT2D eigenvalue weighted by Crippen LogP contribution is -2.37. The zero-order valence-electron chi connectivity index (χ0n) is 14.3. The number of hydrogen-bond donors (Lipinski definition) is 1. The standard InChI is InChI=1S/C17H23Cl2N3O3/c1-2-25-17(20-6-3-7-22-8-10-24-11-9-22)21-16(23)13-4-5-14(18)15(19)12-13/h4-5,12H,2-3,6-11H2,1H3,(H,20,21,23). The first kappa shape index (κ1) is 20.0. The number of hydrogen-bond acceptors (Lipinski definition) is 5. The van der Waals surface area contributed by atoms with Crippen LogP contribution in [0.3, 0.4) is 0 Å². The Bertz CT molecular complexity index is 605. The monoisotopic (exact) mass is 387 g/mol. The molecule has 1 aromatic rings. The SMILES string of the molecule is CCOC(=NCCCN1CCOCC1)NC(=O)c1ccc(Cl)c(Cl)c1. The summed E-state index contributed by atoms with van der Waals surface area (Å²) >= 11 is 11.8. The van der Waals surface area contributed by atoms with E-state index in [4.69, 9.17) is 32.7 Å². The van der Waals surface area contributed by atoms with Gasteiger partial charge in [-0.25, -0.2) is 4.99 Å². The summed E-state index contributed by atoms with van der Waals surface area (Å²) in [5, 5.41) is 3.40. The lowest BCUT2D eigenvalue weighted by atomic mass is 10.2. The lowest BCUT2D eigenvalue weighted by Gasteiger charge is -2.26. The molecule has 0 saturated carbocycles. The maximum atomic E-state index is 12.3. The third-order valence-corrected chi connectivity index (χ3v) is 4.41. The largest absolute Gasteiger partial charge is 0.465 e. The van der Waals surface area contributed by atoms with Gasteiger partial charge < -0.3 is 9.47 Å². The Morgan fingerprint density at radius 1 is 1.32 bits per heavy atom. The number of ether oxygens (including phenoxy) is 2. The summed E-state index contributed by atoms with van der Waals surface area (Å²) in [6.07, 6.45) is 0.888. The van der Waals surface area contributed by atoms with Crippen LogP contribution in [0.5, 0.6) is 0 Å². The van der Waals surface area contributed by atoms with Gasteiger partial charge >= 0.3 is 0 Å². The molecule has 0 aromatic heterocycles. The Balaban J connectivity index is 1.85. The van der Waals surface area contributed by atoms with E-state index in [9.17, 15) is 4.79 Å². The number of benzene rings is 1. The molecule has 0 spiro atoms. The number of carbonyl (C=O) groups excluding carboxylic acids is 1. The van der Waals surface area contributed by atoms with E-state index in [0.29, 0.717) is 28.8 Å². The number of aliphatic imine (C=N–C) groups is 1. The van der Waals surface area contributed by atoms with Gasteiger partial charge in [0.15, 0.2) is 0 Å². The number of amides is 1. The Morgan fingerprint density at radius 2 is 2.08 bits per heavy atom. The molecule has 8 heteroatoms. The third-order valence-electron chi connectivity index (χ3n) is 3.67. The van der Waals surface area contributed by atoms with Gasteiger partial charge in [-0.1, -0.05) is 23.2 Å². The molecular formula is C17H23Cl2N3O3. The van der Waals surface area contributed by atoms with Crippen molar-refractivity contribution in [3.63, 3.8) is 0 Å². The van der Waals surface area contributed by atoms with Gasteiger partial charge in [-0.05, 0) is 31.5 Å². The van der Waals surface area contributed by atoms with Gasteiger partial charge in [-0.15, -0.1) is 0 Å². The van der Waals surface area contributed by atoms with Gasteiger partial charge in [0, 0.05) is 31.7 Å². The fourth-order valence-corrected chi connectivity index (χ4v) is 2.66. The molecule has 0 aliphatic carbocycles. The minimum atomic E-state index is -0.334. The summed E-state index contributed by atoms with van der Waals surface area (Å²) in [6.45, 7) is 7.27. The lowest BCUT2D eigenvalue weighted by molar-refractivity contribution is 0.0377. The van der Waals surface area contributed by atoms with Crippen molar-refractivity contribution in [2.75, 3.05) is 46.0 Å². The van der Waals surface area contributed by atoms with Crippen LogP contribution < -0.4 is 5.32 Å². The molecule has 1 aliphatic heterocycles. The fraction of sp³-hybridized carbons (Fsp3) is 0.529. The van der Waals surface area contributed by atoms with Gasteiger partial charge in [0.05, 0.1) is 29.9 Å². The minimum Gasteiger partial charge on any atom is -0.465 e. The van der Waals surface area contributed by atoms with Crippen molar-refractivity contribution in [1.29, 1.82) is 0 Å². The number of nitrogens with zero attached hydrogens (tertiary/aromatic N) is 2. The second-order valence-electron chi connectivity index (χ2n) is 5.51. The van der Waals surface area contributed by atoms with Crippen LogP contribution in [0.25, 0.3) is 0 Å². The average molecular weight is 388 g/mol. The Morgan fingerprint density at radius 3 is 2.76 bits per heavy atom. The van der Waals surface area contributed by atoms with Crippen molar-refractivity contribution in [3.05, 3.63) is 33.8 Å². The molecule has 1 aromatic carbocycles. The van der Waals surface area contributed by atoms with Crippen LogP contribution in [0.15, 0.2) is 23.2 Å². The van der Waals surface area contributed by atoms with Crippen molar-refractivity contribution in [1.82, 2.24) is 10.2 Å². The van der Waals surface area contributed by atoms with E-state index in [1.54, 1.807) is 12.1 Å². The highest BCUT2D eigenvalue weighted by Gasteiger charge is 2.12. The molecule has 1 saturated heterocycles. The first-order valence-corrected chi connectivity index (χ1v) is 9.09. The Labute approximate surface area is 158 Å². The highest BCUT2D eigenvalue weighted by Crippen LogP contribution is 2.22. The molecule has 0 atom stereocenters. The average Bonchev–Trinajstić information content (AvgIpc) is 2.62. The van der Waals surface area contributed by atoms with Crippen molar-refractivity contribution >= 4 is 35.1 Å². The van der Waals surface area contributed by atoms with Crippen molar-refractivity contribution in [3.8, 4) is 0 Å². The van der Waals surface area contributed by atoms with E-state index in [1.807, 2.05) is 6.92 Å². The fourth-order valence-electron chi connectivity index (χ4n) is 2.36. The molecule has 0 unspecified atom stereocenters. The van der Waals surface area contributed by atoms with Crippen LogP contribution in [0.4, 0.5) is 0 Å². The van der Waals surface area contributed by atoms with E-state index < -0.39 is 0 Å². The van der Waals surface area contributed by atoms with E-state index in [-0.39, 0.29) is 11.9 Å². The molecule has 25 heavy (non-hydrogen) atoms. The summed E-state index contributed by atoms with van der Waals surface area (Å²) in [4.78, 5) is 19.0. The summed E-state index contributed by atoms with van der Waals surface area (Å²) in [7, 11) is 0. The van der Waals surface area contributed by atoms with Crippen LogP contribution in [0, 0.1) is 0 Å². The van der Waals surface area contributed by atoms with Crippen molar-refractivity contribution in [2.45, 2.75) is 13.3 Å². The van der Waals surface area contributed by atoms with Gasteiger partial charge in [0.1, 0.15) is 0 Å². The molecule has 1 amide bonds. The molecule has 138 valence electrons. The zero-order valence-corrected chi connectivity index (χ0v) is 15.8. The predicted octanol–water partition coefficient (Wildman–Crippen LogP) is 2.84. The molecule has 2 rings (SSSR count). The third kappa shape index (κ3) is 6.82. The van der Waals surface area contributed by atoms with Gasteiger partial charge in [-0.3, -0.25) is 15.0 Å². The van der Waals surface area contributed by atoms with Crippen LogP contribution >= 0.6 is 23.2 Å². The van der Waals surface area contributed by atoms with Crippen molar-refractivity contribution < 1.29 is 14.3 Å². The second kappa shape index (κ2) is 10.6. The van der Waals surface area contributed by atoms with Crippen molar-refractivity contribution in [2.24, 2.45) is 4.99 Å². The highest BCUT2D eigenvalue weighted by atomic mass is 35.5. The van der Waals surface area contributed by atoms with Gasteiger partial charge in [0.2, 0.25) is 0 Å². The molecule has 1 fully saturated rings. The number of amidine groups is 1. The summed E-state index contributed by atoms with van der Waals surface area (Å²) in [5.41, 5.74) is 0.398. The van der Waals surface area contributed by atoms with Crippen LogP contribution in [0.1, 0.15) is 23.7 Å². The maximum Gasteiger partial charge on any atom is 0.291 e. The van der Waals surface area contributed by atoms with E-state index in [0.717, 1.165) is 39.3 Å². The van der Waals surface area contributed by atoms with E-state index in [1.165, 1.54) is 6.07 Å². The maximum absolute atomic E-state index is 12.3. The molecule has 1 heterocycles. The first-order valence-electron chi connectivity index (χ1n) is 8.34. The summed E-state index contributed by atoms with van der Waals surface area (Å²) < 4.78 is 10.7. The smallest absolute Gasteiger partial charge is 0.291 e. The molecule has 1 N–H and O–H groups in total. The zero-order chi connectivity index (χ0) is 18.1. The van der Waals surface area contributed by atoms with Gasteiger partial charge in [0.25, 0.3) is 11.9 Å². The van der Waals surface area contributed by atoms with E-state index >= 15 is 0 Å². The predicted molar refractivity (Wildman–Crippen MR) is 99.7 cm³/mol. The second-order valence-corrected chi connectivity index (χ2v) is 6.32. The molecule has 0 bridgehead atoms. The normalized spacial score (nSPS) is 15.9. The molecule has 6 nitrogen and oxygen atoms in total. The number of nitrogens with one attached hydrogen (secondary N) is 1. The minimum absolute atomic E-state index is 0.223.